The fraction of sp³-hybridized carbons (Fsp3) is 0.889. The summed E-state index contributed by atoms with van der Waals surface area (Å²) in [4.78, 5) is 11.0. The van der Waals surface area contributed by atoms with Gasteiger partial charge in [-0.05, 0) is 6.42 Å². The van der Waals surface area contributed by atoms with Crippen LogP contribution in [-0.2, 0) is 9.53 Å². The summed E-state index contributed by atoms with van der Waals surface area (Å²) in [6, 6.07) is 0. The second-order valence-corrected chi connectivity index (χ2v) is 3.04. The molecule has 0 rings (SSSR count). The minimum Gasteiger partial charge on any atom is -0.465 e. The van der Waals surface area contributed by atoms with Crippen LogP contribution in [0.1, 0.15) is 19.8 Å². The van der Waals surface area contributed by atoms with Gasteiger partial charge in [0.15, 0.2) is 0 Å². The molecule has 0 aliphatic heterocycles. The molecule has 0 aromatic carbocycles. The second-order valence-electron chi connectivity index (χ2n) is 3.04. The zero-order chi connectivity index (χ0) is 10.8. The van der Waals surface area contributed by atoms with E-state index in [1.807, 2.05) is 6.92 Å². The minimum atomic E-state index is -0.821. The Bertz CT molecular complexity index is 152. The molecule has 1 atom stereocenters. The van der Waals surface area contributed by atoms with E-state index in [9.17, 15) is 4.79 Å². The number of ether oxygens (including phenoxy) is 1. The Morgan fingerprint density at radius 3 is 2.86 bits per heavy atom. The van der Waals surface area contributed by atoms with Gasteiger partial charge in [0.25, 0.3) is 0 Å². The van der Waals surface area contributed by atoms with Gasteiger partial charge in [0.05, 0.1) is 25.9 Å². The highest BCUT2D eigenvalue weighted by Gasteiger charge is 2.04. The summed E-state index contributed by atoms with van der Waals surface area (Å²) in [5, 5.41) is 20.1. The van der Waals surface area contributed by atoms with Crippen molar-refractivity contribution in [3.8, 4) is 0 Å². The molecule has 5 heteroatoms. The van der Waals surface area contributed by atoms with E-state index in [2.05, 4.69) is 5.32 Å². The molecular formula is C9H19NO4. The molecule has 0 saturated heterocycles. The van der Waals surface area contributed by atoms with Crippen molar-refractivity contribution in [2.45, 2.75) is 25.9 Å². The lowest BCUT2D eigenvalue weighted by atomic mass is 10.3. The van der Waals surface area contributed by atoms with Gasteiger partial charge in [0.2, 0.25) is 0 Å². The van der Waals surface area contributed by atoms with Gasteiger partial charge in [0, 0.05) is 6.54 Å². The normalized spacial score (nSPS) is 12.5. The molecule has 0 aliphatic rings. The lowest BCUT2D eigenvalue weighted by Crippen LogP contribution is -2.33. The van der Waals surface area contributed by atoms with Gasteiger partial charge < -0.3 is 20.3 Å². The number of aliphatic hydroxyl groups is 2. The van der Waals surface area contributed by atoms with Crippen LogP contribution in [0.4, 0.5) is 0 Å². The first-order valence-corrected chi connectivity index (χ1v) is 4.86. The Hall–Kier alpha value is -0.650. The first-order valence-electron chi connectivity index (χ1n) is 4.86. The molecule has 1 unspecified atom stereocenters. The second kappa shape index (κ2) is 8.93. The van der Waals surface area contributed by atoms with Crippen LogP contribution in [0.5, 0.6) is 0 Å². The maximum atomic E-state index is 11.0. The van der Waals surface area contributed by atoms with Gasteiger partial charge in [0.1, 0.15) is 0 Å². The van der Waals surface area contributed by atoms with Crippen LogP contribution in [-0.4, -0.2) is 48.6 Å². The topological polar surface area (TPSA) is 78.8 Å². The SMILES string of the molecule is CCCCOC(=O)CNCC(O)CO. The van der Waals surface area contributed by atoms with E-state index in [1.165, 1.54) is 0 Å². The van der Waals surface area contributed by atoms with Gasteiger partial charge in [-0.2, -0.15) is 0 Å². The third-order valence-electron chi connectivity index (χ3n) is 1.62. The first-order chi connectivity index (χ1) is 6.70. The van der Waals surface area contributed by atoms with Crippen LogP contribution >= 0.6 is 0 Å². The number of unbranched alkanes of at least 4 members (excludes halogenated alkanes) is 1. The highest BCUT2D eigenvalue weighted by molar-refractivity contribution is 5.71. The number of nitrogens with one attached hydrogen (secondary N) is 1. The summed E-state index contributed by atoms with van der Waals surface area (Å²) in [6.07, 6.45) is 1.04. The van der Waals surface area contributed by atoms with Crippen LogP contribution in [0, 0.1) is 0 Å². The summed E-state index contributed by atoms with van der Waals surface area (Å²) in [5.41, 5.74) is 0. The molecule has 0 amide bonds. The molecule has 0 aromatic rings. The third kappa shape index (κ3) is 7.97. The molecule has 5 nitrogen and oxygen atoms in total. The summed E-state index contributed by atoms with van der Waals surface area (Å²) in [6.45, 7) is 2.42. The summed E-state index contributed by atoms with van der Waals surface area (Å²) in [5.74, 6) is -0.330. The number of hydrogen-bond acceptors (Lipinski definition) is 5. The maximum Gasteiger partial charge on any atom is 0.319 e. The van der Waals surface area contributed by atoms with E-state index in [0.717, 1.165) is 12.8 Å². The van der Waals surface area contributed by atoms with Crippen molar-refractivity contribution >= 4 is 5.97 Å². The Labute approximate surface area is 84.1 Å². The van der Waals surface area contributed by atoms with E-state index in [1.54, 1.807) is 0 Å². The minimum absolute atomic E-state index is 0.0702. The first kappa shape index (κ1) is 13.4. The molecule has 0 aromatic heterocycles. The van der Waals surface area contributed by atoms with Gasteiger partial charge in [-0.1, -0.05) is 13.3 Å². The standard InChI is InChI=1S/C9H19NO4/c1-2-3-4-14-9(13)6-10-5-8(12)7-11/h8,10-12H,2-7H2,1H3. The zero-order valence-corrected chi connectivity index (χ0v) is 8.53. The smallest absolute Gasteiger partial charge is 0.319 e. The number of hydrogen-bond donors (Lipinski definition) is 3. The van der Waals surface area contributed by atoms with E-state index in [-0.39, 0.29) is 25.7 Å². The van der Waals surface area contributed by atoms with Crippen LogP contribution in [0.15, 0.2) is 0 Å². The molecule has 14 heavy (non-hydrogen) atoms. The molecule has 0 fully saturated rings. The average Bonchev–Trinajstić information content (AvgIpc) is 2.18. The molecule has 0 aliphatic carbocycles. The average molecular weight is 205 g/mol. The number of rotatable bonds is 8. The quantitative estimate of drug-likeness (QED) is 0.360. The van der Waals surface area contributed by atoms with E-state index in [4.69, 9.17) is 14.9 Å². The molecular weight excluding hydrogens is 186 g/mol. The van der Waals surface area contributed by atoms with Crippen LogP contribution in [0.25, 0.3) is 0 Å². The monoisotopic (exact) mass is 205 g/mol. The van der Waals surface area contributed by atoms with Crippen molar-refractivity contribution in [2.75, 3.05) is 26.3 Å². The summed E-state index contributed by atoms with van der Waals surface area (Å²) in [7, 11) is 0. The maximum absolute atomic E-state index is 11.0. The Balaban J connectivity index is 3.26. The Morgan fingerprint density at radius 1 is 1.57 bits per heavy atom. The van der Waals surface area contributed by atoms with Gasteiger partial charge >= 0.3 is 5.97 Å². The van der Waals surface area contributed by atoms with E-state index in [0.29, 0.717) is 6.61 Å². The van der Waals surface area contributed by atoms with Crippen molar-refractivity contribution in [1.29, 1.82) is 0 Å². The Kier molecular flexibility index (Phi) is 8.51. The lowest BCUT2D eigenvalue weighted by Gasteiger charge is -2.08. The molecule has 0 saturated carbocycles. The Morgan fingerprint density at radius 2 is 2.29 bits per heavy atom. The van der Waals surface area contributed by atoms with Crippen molar-refractivity contribution < 1.29 is 19.7 Å². The van der Waals surface area contributed by atoms with Crippen LogP contribution in [0.3, 0.4) is 0 Å². The number of carbonyl (C=O) groups excluding carboxylic acids is 1. The summed E-state index contributed by atoms with van der Waals surface area (Å²) < 4.78 is 4.85. The predicted molar refractivity (Wildman–Crippen MR) is 51.8 cm³/mol. The van der Waals surface area contributed by atoms with Crippen molar-refractivity contribution in [2.24, 2.45) is 0 Å². The highest BCUT2D eigenvalue weighted by atomic mass is 16.5. The molecule has 0 heterocycles. The van der Waals surface area contributed by atoms with Crippen LogP contribution < -0.4 is 5.32 Å². The van der Waals surface area contributed by atoms with E-state index >= 15 is 0 Å². The number of esters is 1. The van der Waals surface area contributed by atoms with Gasteiger partial charge in [-0.15, -0.1) is 0 Å². The number of carbonyl (C=O) groups is 1. The van der Waals surface area contributed by atoms with Gasteiger partial charge in [-0.25, -0.2) is 0 Å². The lowest BCUT2D eigenvalue weighted by molar-refractivity contribution is -0.142. The fourth-order valence-corrected chi connectivity index (χ4v) is 0.787. The predicted octanol–water partition coefficient (Wildman–Crippen LogP) is -0.727. The molecule has 0 spiro atoms. The van der Waals surface area contributed by atoms with Crippen LogP contribution in [0.2, 0.25) is 0 Å². The van der Waals surface area contributed by atoms with E-state index < -0.39 is 6.10 Å². The largest absolute Gasteiger partial charge is 0.465 e. The number of aliphatic hydroxyl groups excluding tert-OH is 2. The van der Waals surface area contributed by atoms with Crippen molar-refractivity contribution in [1.82, 2.24) is 5.32 Å². The fourth-order valence-electron chi connectivity index (χ4n) is 0.787. The van der Waals surface area contributed by atoms with Gasteiger partial charge in [-0.3, -0.25) is 4.79 Å². The van der Waals surface area contributed by atoms with Crippen molar-refractivity contribution in [3.63, 3.8) is 0 Å². The molecule has 0 radical (unpaired) electrons. The zero-order valence-electron chi connectivity index (χ0n) is 8.53. The molecule has 0 bridgehead atoms. The third-order valence-corrected chi connectivity index (χ3v) is 1.62. The highest BCUT2D eigenvalue weighted by Crippen LogP contribution is 1.88. The molecule has 84 valence electrons. The van der Waals surface area contributed by atoms with Crippen molar-refractivity contribution in [3.05, 3.63) is 0 Å². The summed E-state index contributed by atoms with van der Waals surface area (Å²) >= 11 is 0. The molecule has 3 N–H and O–H groups in total.